The number of nitrogens with one attached hydrogen (secondary N) is 1. The second kappa shape index (κ2) is 7.31. The number of oxazole rings is 1. The van der Waals surface area contributed by atoms with Crippen LogP contribution in [-0.2, 0) is 11.3 Å². The van der Waals surface area contributed by atoms with E-state index >= 15 is 0 Å². The number of hydrogen-bond donors (Lipinski definition) is 1. The lowest BCUT2D eigenvalue weighted by Gasteiger charge is -2.08. The van der Waals surface area contributed by atoms with Gasteiger partial charge in [0.2, 0.25) is 0 Å². The first-order valence-corrected chi connectivity index (χ1v) is 8.10. The molecule has 0 aliphatic rings. The van der Waals surface area contributed by atoms with Crippen molar-refractivity contribution in [2.45, 2.75) is 13.5 Å². The fourth-order valence-electron chi connectivity index (χ4n) is 2.19. The molecule has 6 heteroatoms. The predicted molar refractivity (Wildman–Crippen MR) is 94.6 cm³/mol. The quantitative estimate of drug-likeness (QED) is 0.672. The highest BCUT2D eigenvalue weighted by Crippen LogP contribution is 2.28. The van der Waals surface area contributed by atoms with Gasteiger partial charge >= 0.3 is 6.09 Å². The Balaban J connectivity index is 1.66. The summed E-state index contributed by atoms with van der Waals surface area (Å²) in [6.07, 6.45) is 0.708. The van der Waals surface area contributed by atoms with Crippen molar-refractivity contribution in [3.8, 4) is 11.3 Å². The third kappa shape index (κ3) is 3.83. The molecular formula is C18H15BrN2O3. The summed E-state index contributed by atoms with van der Waals surface area (Å²) in [6, 6.07) is 15.3. The minimum Gasteiger partial charge on any atom is -0.444 e. The zero-order valence-electron chi connectivity index (χ0n) is 13.0. The second-order valence-electron chi connectivity index (χ2n) is 5.16. The molecule has 0 spiro atoms. The number of carbonyl (C=O) groups excluding carboxylic acids is 1. The smallest absolute Gasteiger partial charge is 0.413 e. The van der Waals surface area contributed by atoms with E-state index in [0.717, 1.165) is 21.2 Å². The van der Waals surface area contributed by atoms with E-state index in [2.05, 4.69) is 26.2 Å². The number of aryl methyl sites for hydroxylation is 1. The summed E-state index contributed by atoms with van der Waals surface area (Å²) in [5, 5.41) is 2.62. The number of aromatic nitrogens is 1. The van der Waals surface area contributed by atoms with Crippen molar-refractivity contribution >= 4 is 27.8 Å². The monoisotopic (exact) mass is 386 g/mol. The number of nitrogens with zero attached hydrogens (tertiary/aromatic N) is 1. The van der Waals surface area contributed by atoms with Crippen molar-refractivity contribution in [1.29, 1.82) is 0 Å². The maximum atomic E-state index is 12.0. The van der Waals surface area contributed by atoms with Crippen molar-refractivity contribution in [3.63, 3.8) is 0 Å². The average molecular weight is 387 g/mol. The zero-order chi connectivity index (χ0) is 16.9. The summed E-state index contributed by atoms with van der Waals surface area (Å²) < 4.78 is 11.6. The van der Waals surface area contributed by atoms with E-state index in [9.17, 15) is 4.79 Å². The Labute approximate surface area is 147 Å². The van der Waals surface area contributed by atoms with Crippen LogP contribution in [0.1, 0.15) is 11.1 Å². The van der Waals surface area contributed by atoms with Gasteiger partial charge in [-0.15, -0.1) is 0 Å². The molecule has 122 valence electrons. The van der Waals surface area contributed by atoms with E-state index < -0.39 is 6.09 Å². The highest BCUT2D eigenvalue weighted by molar-refractivity contribution is 9.10. The van der Waals surface area contributed by atoms with E-state index in [4.69, 9.17) is 9.15 Å². The molecule has 0 saturated carbocycles. The van der Waals surface area contributed by atoms with Crippen LogP contribution in [0, 0.1) is 6.92 Å². The standard InChI is InChI=1S/C18H15BrN2O3/c1-12-4-2-3-5-14(12)10-23-18(22)21-17-16(24-11-20-17)13-6-8-15(19)9-7-13/h2-9,11H,10H2,1H3,(H,21,22). The minimum atomic E-state index is -0.578. The van der Waals surface area contributed by atoms with Crippen LogP contribution in [0.25, 0.3) is 11.3 Å². The van der Waals surface area contributed by atoms with Crippen molar-refractivity contribution < 1.29 is 13.9 Å². The van der Waals surface area contributed by atoms with Crippen LogP contribution in [0.3, 0.4) is 0 Å². The van der Waals surface area contributed by atoms with Crippen molar-refractivity contribution in [3.05, 3.63) is 70.5 Å². The molecular weight excluding hydrogens is 372 g/mol. The molecule has 3 aromatic rings. The van der Waals surface area contributed by atoms with Gasteiger partial charge in [0.05, 0.1) is 0 Å². The van der Waals surface area contributed by atoms with E-state index in [1.54, 1.807) is 0 Å². The van der Waals surface area contributed by atoms with Gasteiger partial charge in [0, 0.05) is 10.0 Å². The first kappa shape index (κ1) is 16.3. The zero-order valence-corrected chi connectivity index (χ0v) is 14.5. The lowest BCUT2D eigenvalue weighted by Crippen LogP contribution is -2.14. The molecule has 0 atom stereocenters. The van der Waals surface area contributed by atoms with Gasteiger partial charge in [0.1, 0.15) is 6.61 Å². The Kier molecular flexibility index (Phi) is 4.96. The summed E-state index contributed by atoms with van der Waals surface area (Å²) in [5.74, 6) is 0.808. The van der Waals surface area contributed by atoms with Crippen molar-refractivity contribution in [1.82, 2.24) is 4.98 Å². The molecule has 0 fully saturated rings. The van der Waals surface area contributed by atoms with Crippen LogP contribution < -0.4 is 5.32 Å². The molecule has 3 rings (SSSR count). The van der Waals surface area contributed by atoms with Gasteiger partial charge in [-0.05, 0) is 42.3 Å². The number of anilines is 1. The fourth-order valence-corrected chi connectivity index (χ4v) is 2.45. The molecule has 1 heterocycles. The van der Waals surface area contributed by atoms with Gasteiger partial charge in [-0.2, -0.15) is 4.98 Å². The SMILES string of the molecule is Cc1ccccc1COC(=O)Nc1ncoc1-c1ccc(Br)cc1. The summed E-state index contributed by atoms with van der Waals surface area (Å²) >= 11 is 3.38. The van der Waals surface area contributed by atoms with Crippen molar-refractivity contribution in [2.24, 2.45) is 0 Å². The van der Waals surface area contributed by atoms with Gasteiger partial charge in [-0.3, -0.25) is 5.32 Å². The first-order valence-electron chi connectivity index (χ1n) is 7.31. The molecule has 0 unspecified atom stereocenters. The van der Waals surface area contributed by atoms with Crippen LogP contribution in [0.4, 0.5) is 10.6 Å². The Morgan fingerprint density at radius 3 is 2.71 bits per heavy atom. The van der Waals surface area contributed by atoms with Crippen molar-refractivity contribution in [2.75, 3.05) is 5.32 Å². The molecule has 0 radical (unpaired) electrons. The van der Waals surface area contributed by atoms with Gasteiger partial charge in [-0.1, -0.05) is 40.2 Å². The fraction of sp³-hybridized carbons (Fsp3) is 0.111. The summed E-state index contributed by atoms with van der Waals surface area (Å²) in [6.45, 7) is 2.17. The van der Waals surface area contributed by atoms with Gasteiger partial charge in [0.25, 0.3) is 0 Å². The van der Waals surface area contributed by atoms with Crippen LogP contribution >= 0.6 is 15.9 Å². The molecule has 1 amide bonds. The van der Waals surface area contributed by atoms with Crippen LogP contribution in [0.15, 0.2) is 63.8 Å². The predicted octanol–water partition coefficient (Wildman–Crippen LogP) is 5.16. The normalized spacial score (nSPS) is 10.4. The summed E-state index contributed by atoms with van der Waals surface area (Å²) in [5.41, 5.74) is 2.84. The highest BCUT2D eigenvalue weighted by Gasteiger charge is 2.14. The lowest BCUT2D eigenvalue weighted by atomic mass is 10.1. The molecule has 1 N–H and O–H groups in total. The maximum absolute atomic E-state index is 12.0. The minimum absolute atomic E-state index is 0.198. The largest absolute Gasteiger partial charge is 0.444 e. The number of amides is 1. The van der Waals surface area contributed by atoms with Crippen LogP contribution in [0.5, 0.6) is 0 Å². The summed E-state index contributed by atoms with van der Waals surface area (Å²) in [7, 11) is 0. The third-order valence-electron chi connectivity index (χ3n) is 3.51. The number of rotatable bonds is 4. The van der Waals surface area contributed by atoms with E-state index in [0.29, 0.717) is 11.6 Å². The van der Waals surface area contributed by atoms with Gasteiger partial charge in [-0.25, -0.2) is 4.79 Å². The Bertz CT molecular complexity index is 843. The summed E-state index contributed by atoms with van der Waals surface area (Å²) in [4.78, 5) is 16.0. The second-order valence-corrected chi connectivity index (χ2v) is 6.08. The highest BCUT2D eigenvalue weighted by atomic mass is 79.9. The van der Waals surface area contributed by atoms with E-state index in [1.807, 2.05) is 55.5 Å². The van der Waals surface area contributed by atoms with Gasteiger partial charge in [0.15, 0.2) is 18.0 Å². The van der Waals surface area contributed by atoms with Crippen LogP contribution in [0.2, 0.25) is 0 Å². The third-order valence-corrected chi connectivity index (χ3v) is 4.04. The average Bonchev–Trinajstić information content (AvgIpc) is 3.03. The number of hydrogen-bond acceptors (Lipinski definition) is 4. The molecule has 24 heavy (non-hydrogen) atoms. The molecule has 2 aromatic carbocycles. The molecule has 0 aliphatic heterocycles. The molecule has 0 aliphatic carbocycles. The number of halogens is 1. The topological polar surface area (TPSA) is 64.4 Å². The van der Waals surface area contributed by atoms with E-state index in [-0.39, 0.29) is 6.61 Å². The Hall–Kier alpha value is -2.60. The van der Waals surface area contributed by atoms with Crippen LogP contribution in [-0.4, -0.2) is 11.1 Å². The maximum Gasteiger partial charge on any atom is 0.413 e. The Morgan fingerprint density at radius 1 is 1.21 bits per heavy atom. The molecule has 0 bridgehead atoms. The van der Waals surface area contributed by atoms with Gasteiger partial charge < -0.3 is 9.15 Å². The molecule has 5 nitrogen and oxygen atoms in total. The number of ether oxygens (including phenoxy) is 1. The number of benzene rings is 2. The lowest BCUT2D eigenvalue weighted by molar-refractivity contribution is 0.155. The Morgan fingerprint density at radius 2 is 1.96 bits per heavy atom. The molecule has 1 aromatic heterocycles. The van der Waals surface area contributed by atoms with E-state index in [1.165, 1.54) is 6.39 Å². The number of carbonyl (C=O) groups is 1. The molecule has 0 saturated heterocycles. The first-order chi connectivity index (χ1) is 11.6.